The van der Waals surface area contributed by atoms with Crippen LogP contribution in [0.1, 0.15) is 0 Å². The van der Waals surface area contributed by atoms with Crippen LogP contribution in [0, 0.1) is 0 Å². The van der Waals surface area contributed by atoms with Crippen LogP contribution in [-0.4, -0.2) is 13.4 Å². The van der Waals surface area contributed by atoms with Crippen molar-refractivity contribution in [1.29, 1.82) is 0 Å². The van der Waals surface area contributed by atoms with E-state index in [0.29, 0.717) is 0 Å². The van der Waals surface area contributed by atoms with Crippen molar-refractivity contribution in [3.8, 4) is 22.3 Å². The molecule has 0 atom stereocenters. The van der Waals surface area contributed by atoms with E-state index < -0.39 is 0 Å². The summed E-state index contributed by atoms with van der Waals surface area (Å²) >= 11 is 3.74. The fourth-order valence-corrected chi connectivity index (χ4v) is 21.1. The van der Waals surface area contributed by atoms with E-state index in [1.54, 1.807) is 0 Å². The molecule has 0 spiro atoms. The van der Waals surface area contributed by atoms with Gasteiger partial charge in [-0.05, 0) is 171 Å². The molecule has 6 nitrogen and oxygen atoms in total. The first-order chi connectivity index (χ1) is 55.6. The Morgan fingerprint density at radius 1 is 0.223 bits per heavy atom. The molecule has 4 aliphatic heterocycles. The monoisotopic (exact) mass is 1460 g/mol. The molecule has 0 aliphatic carbocycles. The molecule has 10 heteroatoms. The van der Waals surface area contributed by atoms with Crippen molar-refractivity contribution in [3.63, 3.8) is 0 Å². The Morgan fingerprint density at radius 3 is 0.982 bits per heavy atom. The van der Waals surface area contributed by atoms with E-state index in [1.807, 2.05) is 22.7 Å². The van der Waals surface area contributed by atoms with Crippen molar-refractivity contribution in [2.75, 3.05) is 29.4 Å². The lowest BCUT2D eigenvalue weighted by Crippen LogP contribution is -2.65. The van der Waals surface area contributed by atoms with Gasteiger partial charge in [0, 0.05) is 116 Å². The number of para-hydroxylation sites is 8. The number of hydrogen-bond donors (Lipinski definition) is 0. The topological polar surface area (TPSA) is 19.4 Å². The van der Waals surface area contributed by atoms with Gasteiger partial charge in [-0.2, -0.15) is 0 Å². The van der Waals surface area contributed by atoms with E-state index in [0.717, 1.165) is 125 Å². The molecule has 6 heterocycles. The van der Waals surface area contributed by atoms with Crippen LogP contribution in [-0.2, 0) is 0 Å². The molecule has 0 saturated heterocycles. The molecule has 17 aromatic carbocycles. The predicted octanol–water partition coefficient (Wildman–Crippen LogP) is 24.9. The van der Waals surface area contributed by atoms with Crippen molar-refractivity contribution >= 4 is 212 Å². The zero-order chi connectivity index (χ0) is 73.5. The highest BCUT2D eigenvalue weighted by Gasteiger charge is 2.50. The van der Waals surface area contributed by atoms with Crippen LogP contribution >= 0.6 is 22.7 Å². The molecule has 112 heavy (non-hydrogen) atoms. The van der Waals surface area contributed by atoms with E-state index in [1.165, 1.54) is 73.1 Å². The van der Waals surface area contributed by atoms with Gasteiger partial charge >= 0.3 is 0 Å². The number of benzene rings is 17. The summed E-state index contributed by atoms with van der Waals surface area (Å²) in [7, 11) is 0. The van der Waals surface area contributed by atoms with E-state index in [-0.39, 0.29) is 13.4 Å². The van der Waals surface area contributed by atoms with Gasteiger partial charge in [0.15, 0.2) is 0 Å². The van der Waals surface area contributed by atoms with Gasteiger partial charge in [-0.1, -0.05) is 273 Å². The second kappa shape index (κ2) is 25.9. The van der Waals surface area contributed by atoms with Gasteiger partial charge < -0.3 is 29.4 Å². The zero-order valence-corrected chi connectivity index (χ0v) is 62.4. The van der Waals surface area contributed by atoms with Gasteiger partial charge in [-0.15, -0.1) is 22.7 Å². The number of fused-ring (bicyclic) bond motifs is 14. The van der Waals surface area contributed by atoms with Crippen molar-refractivity contribution < 1.29 is 0 Å². The van der Waals surface area contributed by atoms with E-state index in [4.69, 9.17) is 0 Å². The Morgan fingerprint density at radius 2 is 0.554 bits per heavy atom. The number of anilines is 18. The Bertz CT molecular complexity index is 6890. The maximum atomic E-state index is 2.72. The molecule has 0 radical (unpaired) electrons. The molecule has 0 unspecified atom stereocenters. The normalized spacial score (nSPS) is 12.9. The minimum Gasteiger partial charge on any atom is -0.311 e. The van der Waals surface area contributed by atoms with E-state index in [2.05, 4.69) is 430 Å². The minimum absolute atomic E-state index is 0.240. The van der Waals surface area contributed by atoms with Gasteiger partial charge in [-0.3, -0.25) is 0 Å². The van der Waals surface area contributed by atoms with Crippen molar-refractivity contribution in [2.45, 2.75) is 0 Å². The molecule has 0 amide bonds. The van der Waals surface area contributed by atoms with E-state index >= 15 is 0 Å². The summed E-state index contributed by atoms with van der Waals surface area (Å²) in [4.78, 5) is 15.5. The highest BCUT2D eigenvalue weighted by molar-refractivity contribution is 7.27. The fraction of sp³-hybridized carbons (Fsp3) is 0. The van der Waals surface area contributed by atoms with Gasteiger partial charge in [0.05, 0.1) is 37.8 Å². The lowest BCUT2D eigenvalue weighted by atomic mass is 9.30. The quantitative estimate of drug-likeness (QED) is 0.113. The molecule has 0 fully saturated rings. The highest BCUT2D eigenvalue weighted by Crippen LogP contribution is 2.57. The van der Waals surface area contributed by atoms with Crippen LogP contribution in [0.3, 0.4) is 0 Å². The third-order valence-corrected chi connectivity index (χ3v) is 25.7. The molecular weight excluding hydrogens is 1390 g/mol. The molecule has 19 aromatic rings. The van der Waals surface area contributed by atoms with Gasteiger partial charge in [0.1, 0.15) is 0 Å². The minimum atomic E-state index is -0.267. The summed E-state index contributed by atoms with van der Waals surface area (Å²) in [5, 5.41) is 5.00. The molecule has 0 bridgehead atoms. The maximum Gasteiger partial charge on any atom is 0.252 e. The summed E-state index contributed by atoms with van der Waals surface area (Å²) in [6.45, 7) is -0.508. The second-order valence-electron chi connectivity index (χ2n) is 29.4. The summed E-state index contributed by atoms with van der Waals surface area (Å²) in [5.74, 6) is 0. The van der Waals surface area contributed by atoms with Gasteiger partial charge in [0.2, 0.25) is 0 Å². The van der Waals surface area contributed by atoms with E-state index in [9.17, 15) is 0 Å². The molecule has 0 N–H and O–H groups in total. The number of rotatable bonds is 12. The van der Waals surface area contributed by atoms with Gasteiger partial charge in [-0.25, -0.2) is 0 Å². The van der Waals surface area contributed by atoms with Crippen molar-refractivity contribution in [1.82, 2.24) is 0 Å². The number of nitrogens with zero attached hydrogens (tertiary/aromatic N) is 6. The first kappa shape index (κ1) is 64.1. The summed E-state index contributed by atoms with van der Waals surface area (Å²) < 4.78 is 4.98. The lowest BCUT2D eigenvalue weighted by Gasteiger charge is -2.48. The first-order valence-electron chi connectivity index (χ1n) is 38.5. The molecule has 2 aromatic heterocycles. The predicted molar refractivity (Wildman–Crippen MR) is 481 cm³/mol. The maximum absolute atomic E-state index is 2.72. The smallest absolute Gasteiger partial charge is 0.252 e. The largest absolute Gasteiger partial charge is 0.311 e. The average Bonchev–Trinajstić information content (AvgIpc) is 0.818. The first-order valence-corrected chi connectivity index (χ1v) is 40.1. The molecular formula is C102H66B2N6S2. The SMILES string of the molecule is c1ccc(-c2cccc(-c3ccccc3)c2N2c3cc4c(cc3B3c5ccccc5N(c5ccccc5)c5cc(N(c6ccccc6)c6cccc7c6sc6ccccc67)cc2c53)B2c3ccccc3N(c3ccccc3)c3cc(N(c5ccccc5)c5cccc6c5sc5ccccc56)cc(c32)N4c2ccccc2)cc1. The number of thiophene rings is 2. The Labute approximate surface area is 658 Å². The van der Waals surface area contributed by atoms with Crippen LogP contribution in [0.4, 0.5) is 102 Å². The standard InChI is InChI=1S/C102H66B2N6S2/c1-8-33-67(34-9-1)76-49-30-50-77(68-35-10-2-11-36-68)100(76)110-91-66-90-84(65-85(91)104-83-54-25-27-56-87(83)108(72-43-18-6-19-44-72)93-62-75(64-95(110)99(93)104)106(70-39-14-4-15-40-70)89-58-32-52-81-79-48-23-29-60-97(79)112-102(81)89)103-82-53-24-26-55-86(82)107(71-41-16-5-17-42-71)92-61-74(63-94(98(92)103)109(90)73-45-20-7-21-46-73)105(69-37-12-3-13-38-69)88-57-31-51-80-78-47-22-28-59-96(78)111-101(80)88/h1-66H. The number of hydrogen-bond acceptors (Lipinski definition) is 8. The van der Waals surface area contributed by atoms with Crippen LogP contribution in [0.25, 0.3) is 62.6 Å². The van der Waals surface area contributed by atoms with Crippen LogP contribution in [0.5, 0.6) is 0 Å². The second-order valence-corrected chi connectivity index (χ2v) is 31.5. The summed E-state index contributed by atoms with van der Waals surface area (Å²) in [5.41, 5.74) is 31.5. The summed E-state index contributed by atoms with van der Waals surface area (Å²) in [6.07, 6.45) is 0. The molecule has 522 valence electrons. The zero-order valence-electron chi connectivity index (χ0n) is 60.8. The van der Waals surface area contributed by atoms with Crippen LogP contribution in [0.2, 0.25) is 0 Å². The van der Waals surface area contributed by atoms with Gasteiger partial charge in [0.25, 0.3) is 13.4 Å². The van der Waals surface area contributed by atoms with Crippen LogP contribution in [0.15, 0.2) is 400 Å². The van der Waals surface area contributed by atoms with Crippen molar-refractivity contribution in [2.24, 2.45) is 0 Å². The average molecular weight is 1460 g/mol. The third-order valence-electron chi connectivity index (χ3n) is 23.3. The lowest BCUT2D eigenvalue weighted by molar-refractivity contribution is 1.22. The molecule has 23 rings (SSSR count). The Balaban J connectivity index is 0.872. The molecule has 4 aliphatic rings. The highest BCUT2D eigenvalue weighted by atomic mass is 32.1. The Kier molecular flexibility index (Phi) is 14.8. The third kappa shape index (κ3) is 9.92. The molecule has 0 saturated carbocycles. The Hall–Kier alpha value is -13.9. The van der Waals surface area contributed by atoms with Crippen molar-refractivity contribution in [3.05, 3.63) is 400 Å². The van der Waals surface area contributed by atoms with Crippen LogP contribution < -0.4 is 62.2 Å². The summed E-state index contributed by atoms with van der Waals surface area (Å²) in [6, 6.07) is 150. The fourth-order valence-electron chi connectivity index (χ4n) is 18.7.